The minimum atomic E-state index is -0.365. The number of para-hydroxylation sites is 1. The first kappa shape index (κ1) is 14.5. The van der Waals surface area contributed by atoms with Crippen molar-refractivity contribution in [1.82, 2.24) is 10.3 Å². The largest absolute Gasteiger partial charge is 0.368 e. The third-order valence-electron chi connectivity index (χ3n) is 4.46. The van der Waals surface area contributed by atoms with E-state index in [9.17, 15) is 4.79 Å². The number of hydrogen-bond donors (Lipinski definition) is 3. The maximum Gasteiger partial charge on any atom is 0.234 e. The molecule has 2 heterocycles. The van der Waals surface area contributed by atoms with Crippen LogP contribution in [0.3, 0.4) is 0 Å². The van der Waals surface area contributed by atoms with Gasteiger partial charge in [0.05, 0.1) is 12.1 Å². The molecule has 1 aliphatic heterocycles. The summed E-state index contributed by atoms with van der Waals surface area (Å²) in [4.78, 5) is 15.3. The van der Waals surface area contributed by atoms with E-state index in [0.29, 0.717) is 6.42 Å². The van der Waals surface area contributed by atoms with Gasteiger partial charge in [0.2, 0.25) is 5.91 Å². The molecule has 5 heteroatoms. The van der Waals surface area contributed by atoms with Gasteiger partial charge in [0, 0.05) is 21.1 Å². The molecule has 0 saturated heterocycles. The Morgan fingerprint density at radius 3 is 2.61 bits per heavy atom. The number of nitrogens with one attached hydrogen (secondary N) is 2. The van der Waals surface area contributed by atoms with E-state index in [-0.39, 0.29) is 18.0 Å². The summed E-state index contributed by atoms with van der Waals surface area (Å²) < 4.78 is 1.03. The Balaban J connectivity index is 1.89. The second kappa shape index (κ2) is 5.51. The molecule has 0 saturated carbocycles. The average Bonchev–Trinajstić information content (AvgIpc) is 2.93. The quantitative estimate of drug-likeness (QED) is 0.649. The van der Waals surface area contributed by atoms with Gasteiger partial charge in [-0.2, -0.15) is 0 Å². The second-order valence-electron chi connectivity index (χ2n) is 5.87. The number of nitrogens with two attached hydrogens (primary N) is 1. The highest BCUT2D eigenvalue weighted by atomic mass is 79.9. The van der Waals surface area contributed by atoms with E-state index < -0.39 is 0 Å². The summed E-state index contributed by atoms with van der Waals surface area (Å²) in [6.07, 6.45) is 0.613. The van der Waals surface area contributed by atoms with Crippen LogP contribution in [0.15, 0.2) is 53.0 Å². The van der Waals surface area contributed by atoms with Crippen LogP contribution < -0.4 is 11.1 Å². The standard InChI is InChI=1S/C18H16BrN3O/c19-11-7-5-10(6-8-11)16-17-13(9-15(22-16)18(20)23)12-3-1-2-4-14(12)21-17/h1-8,15-16,21-22H,9H2,(H2,20,23). The fourth-order valence-electron chi connectivity index (χ4n) is 3.34. The Morgan fingerprint density at radius 1 is 1.13 bits per heavy atom. The van der Waals surface area contributed by atoms with Crippen molar-refractivity contribution in [2.24, 2.45) is 5.73 Å². The average molecular weight is 370 g/mol. The van der Waals surface area contributed by atoms with E-state index in [2.05, 4.69) is 50.5 Å². The molecule has 4 nitrogen and oxygen atoms in total. The zero-order valence-electron chi connectivity index (χ0n) is 12.3. The van der Waals surface area contributed by atoms with Crippen molar-refractivity contribution in [3.63, 3.8) is 0 Å². The second-order valence-corrected chi connectivity index (χ2v) is 6.79. The lowest BCUT2D eigenvalue weighted by Crippen LogP contribution is -2.48. The highest BCUT2D eigenvalue weighted by Gasteiger charge is 2.32. The van der Waals surface area contributed by atoms with Crippen LogP contribution in [0, 0.1) is 0 Å². The highest BCUT2D eigenvalue weighted by molar-refractivity contribution is 9.10. The van der Waals surface area contributed by atoms with Crippen LogP contribution in [0.2, 0.25) is 0 Å². The number of aromatic nitrogens is 1. The molecule has 2 atom stereocenters. The number of benzene rings is 2. The first-order valence-corrected chi connectivity index (χ1v) is 8.33. The van der Waals surface area contributed by atoms with Gasteiger partial charge in [-0.3, -0.25) is 10.1 Å². The molecule has 2 aromatic carbocycles. The number of aromatic amines is 1. The number of H-pyrrole nitrogens is 1. The predicted molar refractivity (Wildman–Crippen MR) is 94.1 cm³/mol. The number of halogens is 1. The smallest absolute Gasteiger partial charge is 0.234 e. The molecule has 0 radical (unpaired) electrons. The molecule has 0 fully saturated rings. The minimum absolute atomic E-state index is 0.0725. The molecule has 0 aliphatic carbocycles. The van der Waals surface area contributed by atoms with Gasteiger partial charge in [-0.15, -0.1) is 0 Å². The number of carbonyl (C=O) groups is 1. The first-order valence-electron chi connectivity index (χ1n) is 7.54. The molecule has 0 bridgehead atoms. The van der Waals surface area contributed by atoms with Gasteiger partial charge in [0.25, 0.3) is 0 Å². The summed E-state index contributed by atoms with van der Waals surface area (Å²) in [6, 6.07) is 15.9. The molecule has 0 spiro atoms. The van der Waals surface area contributed by atoms with Crippen LogP contribution in [0.25, 0.3) is 10.9 Å². The van der Waals surface area contributed by atoms with Crippen molar-refractivity contribution >= 4 is 32.7 Å². The lowest BCUT2D eigenvalue weighted by atomic mass is 9.90. The third kappa shape index (κ3) is 2.46. The van der Waals surface area contributed by atoms with Crippen molar-refractivity contribution in [3.05, 3.63) is 69.8 Å². The lowest BCUT2D eigenvalue weighted by Gasteiger charge is -2.30. The topological polar surface area (TPSA) is 70.9 Å². The van der Waals surface area contributed by atoms with Gasteiger partial charge in [0.1, 0.15) is 0 Å². The van der Waals surface area contributed by atoms with E-state index in [1.54, 1.807) is 0 Å². The van der Waals surface area contributed by atoms with Crippen LogP contribution in [-0.2, 0) is 11.2 Å². The molecule has 23 heavy (non-hydrogen) atoms. The Kier molecular flexibility index (Phi) is 3.47. The maximum atomic E-state index is 11.8. The normalized spacial score (nSPS) is 20.4. The fraction of sp³-hybridized carbons (Fsp3) is 0.167. The summed E-state index contributed by atoms with van der Waals surface area (Å²) in [7, 11) is 0. The number of rotatable bonds is 2. The molecule has 1 aromatic heterocycles. The fourth-order valence-corrected chi connectivity index (χ4v) is 3.60. The van der Waals surface area contributed by atoms with Crippen LogP contribution in [0.1, 0.15) is 22.9 Å². The molecule has 3 aromatic rings. The number of primary amides is 1. The van der Waals surface area contributed by atoms with Crippen LogP contribution in [-0.4, -0.2) is 16.9 Å². The Bertz CT molecular complexity index is 885. The van der Waals surface area contributed by atoms with Crippen molar-refractivity contribution in [1.29, 1.82) is 0 Å². The summed E-state index contributed by atoms with van der Waals surface area (Å²) in [5.74, 6) is -0.317. The number of amides is 1. The van der Waals surface area contributed by atoms with Crippen molar-refractivity contribution in [3.8, 4) is 0 Å². The molecule has 4 rings (SSSR count). The van der Waals surface area contributed by atoms with Gasteiger partial charge in [-0.1, -0.05) is 46.3 Å². The Labute approximate surface area is 142 Å². The molecule has 1 aliphatic rings. The van der Waals surface area contributed by atoms with E-state index in [4.69, 9.17) is 5.73 Å². The van der Waals surface area contributed by atoms with E-state index in [1.165, 1.54) is 5.56 Å². The first-order chi connectivity index (χ1) is 11.1. The molecule has 2 unspecified atom stereocenters. The summed E-state index contributed by atoms with van der Waals surface area (Å²) in [5, 5.41) is 4.55. The molecule has 116 valence electrons. The van der Waals surface area contributed by atoms with Crippen molar-refractivity contribution in [2.75, 3.05) is 0 Å². The van der Waals surface area contributed by atoms with Crippen molar-refractivity contribution < 1.29 is 4.79 Å². The highest BCUT2D eigenvalue weighted by Crippen LogP contribution is 2.35. The summed E-state index contributed by atoms with van der Waals surface area (Å²) in [6.45, 7) is 0. The molecule has 4 N–H and O–H groups in total. The van der Waals surface area contributed by atoms with Crippen molar-refractivity contribution in [2.45, 2.75) is 18.5 Å². The minimum Gasteiger partial charge on any atom is -0.368 e. The van der Waals surface area contributed by atoms with Gasteiger partial charge < -0.3 is 10.7 Å². The van der Waals surface area contributed by atoms with Crippen LogP contribution in [0.4, 0.5) is 0 Å². The molecular formula is C18H16BrN3O. The van der Waals surface area contributed by atoms with Gasteiger partial charge in [-0.05, 0) is 35.7 Å². The van der Waals surface area contributed by atoms with Crippen LogP contribution in [0.5, 0.6) is 0 Å². The zero-order chi connectivity index (χ0) is 16.0. The molecule has 1 amide bonds. The number of hydrogen-bond acceptors (Lipinski definition) is 2. The van der Waals surface area contributed by atoms with Gasteiger partial charge in [-0.25, -0.2) is 0 Å². The predicted octanol–water partition coefficient (Wildman–Crippen LogP) is 3.02. The third-order valence-corrected chi connectivity index (χ3v) is 4.99. The van der Waals surface area contributed by atoms with Gasteiger partial charge in [0.15, 0.2) is 0 Å². The Hall–Kier alpha value is -2.11. The van der Waals surface area contributed by atoms with E-state index >= 15 is 0 Å². The van der Waals surface area contributed by atoms with Gasteiger partial charge >= 0.3 is 0 Å². The Morgan fingerprint density at radius 2 is 1.87 bits per heavy atom. The number of carbonyl (C=O) groups excluding carboxylic acids is 1. The molecular weight excluding hydrogens is 354 g/mol. The SMILES string of the molecule is NC(=O)C1Cc2c([nH]c3ccccc23)C(c2ccc(Br)cc2)N1. The monoisotopic (exact) mass is 369 g/mol. The number of fused-ring (bicyclic) bond motifs is 3. The zero-order valence-corrected chi connectivity index (χ0v) is 13.9. The van der Waals surface area contributed by atoms with E-state index in [1.807, 2.05) is 24.3 Å². The lowest BCUT2D eigenvalue weighted by molar-refractivity contribution is -0.120. The summed E-state index contributed by atoms with van der Waals surface area (Å²) >= 11 is 3.46. The summed E-state index contributed by atoms with van der Waals surface area (Å²) in [5.41, 5.74) is 10.1. The maximum absolute atomic E-state index is 11.8. The van der Waals surface area contributed by atoms with Crippen LogP contribution >= 0.6 is 15.9 Å². The van der Waals surface area contributed by atoms with E-state index in [0.717, 1.165) is 26.6 Å².